The van der Waals surface area contributed by atoms with Gasteiger partial charge in [-0.05, 0) is 79.4 Å². The van der Waals surface area contributed by atoms with Crippen molar-refractivity contribution in [2.45, 2.75) is 123 Å². The molecule has 0 saturated carbocycles. The minimum Gasteiger partial charge on any atom is -0.468 e. The monoisotopic (exact) mass is 616 g/mol. The van der Waals surface area contributed by atoms with Gasteiger partial charge in [-0.25, -0.2) is 8.78 Å². The maximum atomic E-state index is 15.8. The van der Waals surface area contributed by atoms with E-state index in [2.05, 4.69) is 72.6 Å². The molecule has 0 aliphatic carbocycles. The summed E-state index contributed by atoms with van der Waals surface area (Å²) < 4.78 is 55.6. The lowest BCUT2D eigenvalue weighted by atomic mass is 9.74. The van der Waals surface area contributed by atoms with Crippen molar-refractivity contribution >= 4 is 39.5 Å². The number of fused-ring (bicyclic) bond motifs is 1. The summed E-state index contributed by atoms with van der Waals surface area (Å²) in [6, 6.07) is 5.75. The third-order valence-corrected chi connectivity index (χ3v) is 17.2. The van der Waals surface area contributed by atoms with Gasteiger partial charge in [0, 0.05) is 20.1 Å². The summed E-state index contributed by atoms with van der Waals surface area (Å²) in [4.78, 5) is 0. The van der Waals surface area contributed by atoms with Gasteiger partial charge in [-0.3, -0.25) is 0 Å². The van der Waals surface area contributed by atoms with Crippen molar-refractivity contribution in [3.63, 3.8) is 0 Å². The van der Waals surface area contributed by atoms with E-state index in [1.807, 2.05) is 27.7 Å². The Hall–Kier alpha value is -1.70. The second-order valence-electron chi connectivity index (χ2n) is 14.9. The summed E-state index contributed by atoms with van der Waals surface area (Å²) in [7, 11) is -4.29. The fraction of sp³-hybridized carbons (Fsp3) is 0.636. The van der Waals surface area contributed by atoms with E-state index in [9.17, 15) is 0 Å². The second kappa shape index (κ2) is 12.7. The van der Waals surface area contributed by atoms with Gasteiger partial charge in [-0.1, -0.05) is 67.1 Å². The first-order chi connectivity index (χ1) is 19.2. The topological polar surface area (TPSA) is 36.9 Å². The maximum absolute atomic E-state index is 15.8. The number of hydrogen-bond acceptors (Lipinski definition) is 4. The fourth-order valence-electron chi connectivity index (χ4n) is 6.00. The van der Waals surface area contributed by atoms with Gasteiger partial charge < -0.3 is 18.8 Å². The van der Waals surface area contributed by atoms with Crippen LogP contribution in [0.5, 0.6) is 5.75 Å². The third kappa shape index (κ3) is 7.15. The quantitative estimate of drug-likeness (QED) is 0.116. The van der Waals surface area contributed by atoms with Crippen LogP contribution in [-0.2, 0) is 14.0 Å². The molecule has 0 spiro atoms. The Balaban J connectivity index is 2.22. The normalized spacial score (nSPS) is 17.0. The van der Waals surface area contributed by atoms with Gasteiger partial charge in [0.15, 0.2) is 18.4 Å². The van der Waals surface area contributed by atoms with Gasteiger partial charge >= 0.3 is 7.12 Å². The molecule has 1 aliphatic heterocycles. The molecule has 0 bridgehead atoms. The molecule has 0 aromatic heterocycles. The Bertz CT molecular complexity index is 1300. The summed E-state index contributed by atoms with van der Waals surface area (Å²) in [5.41, 5.74) is 3.98. The summed E-state index contributed by atoms with van der Waals surface area (Å²) in [5, 5.41) is 0.972. The Labute approximate surface area is 255 Å². The van der Waals surface area contributed by atoms with E-state index in [1.54, 1.807) is 12.1 Å². The molecular formula is C33H51BF2O4Si2. The van der Waals surface area contributed by atoms with Crippen LogP contribution in [0.25, 0.3) is 10.8 Å². The Kier molecular flexibility index (Phi) is 10.5. The van der Waals surface area contributed by atoms with Crippen LogP contribution in [-0.4, -0.2) is 47.9 Å². The lowest BCUT2D eigenvalue weighted by molar-refractivity contribution is 0.00578. The molecule has 9 heteroatoms. The van der Waals surface area contributed by atoms with Crippen LogP contribution in [0.3, 0.4) is 0 Å². The van der Waals surface area contributed by atoms with Crippen LogP contribution in [0, 0.1) is 23.1 Å². The van der Waals surface area contributed by atoms with E-state index in [-0.39, 0.29) is 12.4 Å². The van der Waals surface area contributed by atoms with Crippen LogP contribution < -0.4 is 10.2 Å². The zero-order valence-corrected chi connectivity index (χ0v) is 30.1. The van der Waals surface area contributed by atoms with Crippen molar-refractivity contribution in [3.8, 4) is 17.2 Å². The highest BCUT2D eigenvalue weighted by Crippen LogP contribution is 2.41. The molecule has 0 amide bonds. The molecule has 1 fully saturated rings. The van der Waals surface area contributed by atoms with Crippen LogP contribution >= 0.6 is 0 Å². The van der Waals surface area contributed by atoms with E-state index in [0.717, 1.165) is 6.04 Å². The van der Waals surface area contributed by atoms with E-state index < -0.39 is 46.1 Å². The van der Waals surface area contributed by atoms with Crippen molar-refractivity contribution in [1.29, 1.82) is 0 Å². The van der Waals surface area contributed by atoms with Crippen LogP contribution in [0.4, 0.5) is 8.78 Å². The predicted octanol–water partition coefficient (Wildman–Crippen LogP) is 8.68. The third-order valence-electron chi connectivity index (χ3n) is 9.22. The summed E-state index contributed by atoms with van der Waals surface area (Å²) >= 11 is 0. The Morgan fingerprint density at radius 1 is 0.881 bits per heavy atom. The minimum atomic E-state index is -2.23. The predicted molar refractivity (Wildman–Crippen MR) is 177 cm³/mol. The van der Waals surface area contributed by atoms with Gasteiger partial charge in [0.1, 0.15) is 13.8 Å². The van der Waals surface area contributed by atoms with Gasteiger partial charge in [0.25, 0.3) is 0 Å². The number of hydrogen-bond donors (Lipinski definition) is 0. The van der Waals surface area contributed by atoms with Crippen molar-refractivity contribution in [3.05, 3.63) is 35.4 Å². The smallest absolute Gasteiger partial charge is 0.468 e. The van der Waals surface area contributed by atoms with Crippen LogP contribution in [0.1, 0.15) is 74.8 Å². The molecule has 0 unspecified atom stereocenters. The van der Waals surface area contributed by atoms with Gasteiger partial charge in [-0.15, -0.1) is 5.54 Å². The molecule has 1 heterocycles. The fourth-order valence-corrected chi connectivity index (χ4v) is 12.0. The van der Waals surface area contributed by atoms with Crippen molar-refractivity contribution in [2.75, 3.05) is 13.4 Å². The van der Waals surface area contributed by atoms with E-state index in [1.165, 1.54) is 6.07 Å². The summed E-state index contributed by atoms with van der Waals surface area (Å²) in [6.45, 7) is 28.6. The van der Waals surface area contributed by atoms with Gasteiger partial charge in [-0.2, -0.15) is 0 Å². The summed E-state index contributed by atoms with van der Waals surface area (Å²) in [6.07, 6.45) is 0. The highest BCUT2D eigenvalue weighted by atomic mass is 28.3. The zero-order valence-electron chi connectivity index (χ0n) is 28.1. The molecular weight excluding hydrogens is 565 g/mol. The molecule has 4 nitrogen and oxygen atoms in total. The van der Waals surface area contributed by atoms with E-state index in [0.29, 0.717) is 45.2 Å². The largest absolute Gasteiger partial charge is 0.495 e. The number of halogens is 2. The molecule has 232 valence electrons. The van der Waals surface area contributed by atoms with Gasteiger partial charge in [0.2, 0.25) is 0 Å². The van der Waals surface area contributed by atoms with E-state index >= 15 is 8.78 Å². The van der Waals surface area contributed by atoms with Crippen molar-refractivity contribution < 1.29 is 27.6 Å². The molecule has 1 saturated heterocycles. The molecule has 2 aromatic carbocycles. The SMILES string of the molecule is CC(C)[Si](C#Cc1c(F)c(F)cc2cc(OCOCC[Si](C)(C)C)cc(B3OC(C)(C)C(C)(C)O3)c12)(C(C)C)C(C)C. The highest BCUT2D eigenvalue weighted by Gasteiger charge is 2.52. The average Bonchev–Trinajstić information content (AvgIpc) is 3.06. The first kappa shape index (κ1) is 34.8. The number of rotatable bonds is 10. The van der Waals surface area contributed by atoms with E-state index in [4.69, 9.17) is 18.8 Å². The molecule has 0 N–H and O–H groups in total. The Morgan fingerprint density at radius 2 is 1.43 bits per heavy atom. The molecule has 1 aliphatic rings. The molecule has 42 heavy (non-hydrogen) atoms. The molecule has 0 atom stereocenters. The summed E-state index contributed by atoms with van der Waals surface area (Å²) in [5.74, 6) is 1.78. The lowest BCUT2D eigenvalue weighted by Gasteiger charge is -2.38. The van der Waals surface area contributed by atoms with Crippen LogP contribution in [0.2, 0.25) is 42.3 Å². The first-order valence-electron chi connectivity index (χ1n) is 15.3. The maximum Gasteiger partial charge on any atom is 0.495 e. The second-order valence-corrected chi connectivity index (χ2v) is 26.1. The standard InChI is InChI=1S/C33H51BF2O4Si2/c1-22(2)42(23(3)4,24(5)6)16-14-27-30-25(19-29(35)31(27)36)18-26(38-21-37-15-17-41(11,12)13)20-28(30)34-39-32(7,8)33(9,10)40-34/h18-20,22-24H,15,17,21H2,1-13H3. The van der Waals surface area contributed by atoms with Crippen molar-refractivity contribution in [2.24, 2.45) is 0 Å². The molecule has 0 radical (unpaired) electrons. The van der Waals surface area contributed by atoms with Crippen molar-refractivity contribution in [1.82, 2.24) is 0 Å². The lowest BCUT2D eigenvalue weighted by Crippen LogP contribution is -2.43. The molecule has 2 aromatic rings. The minimum absolute atomic E-state index is 0.0477. The van der Waals surface area contributed by atoms with Gasteiger partial charge in [0.05, 0.1) is 16.8 Å². The Morgan fingerprint density at radius 3 is 1.93 bits per heavy atom. The number of benzene rings is 2. The first-order valence-corrected chi connectivity index (χ1v) is 21.2. The average molecular weight is 617 g/mol. The van der Waals surface area contributed by atoms with Crippen LogP contribution in [0.15, 0.2) is 18.2 Å². The zero-order chi connectivity index (χ0) is 31.8. The number of ether oxygens (including phenoxy) is 2. The highest BCUT2D eigenvalue weighted by molar-refractivity contribution is 6.90. The molecule has 3 rings (SSSR count).